The van der Waals surface area contributed by atoms with E-state index in [-0.39, 0.29) is 0 Å². The summed E-state index contributed by atoms with van der Waals surface area (Å²) in [5.41, 5.74) is 30.0. The molecule has 10 heteroatoms. The Bertz CT molecular complexity index is 6230. The molecule has 0 radical (unpaired) electrons. The maximum absolute atomic E-state index is 5.05. The van der Waals surface area contributed by atoms with E-state index in [1.165, 1.54) is 38.2 Å². The first-order chi connectivity index (χ1) is 54.5. The van der Waals surface area contributed by atoms with Crippen molar-refractivity contribution in [2.24, 2.45) is 0 Å². The van der Waals surface area contributed by atoms with Crippen molar-refractivity contribution in [3.8, 4) is 135 Å². The fourth-order valence-electron chi connectivity index (χ4n) is 14.3. The van der Waals surface area contributed by atoms with Gasteiger partial charge in [0.05, 0.1) is 84.3 Å². The van der Waals surface area contributed by atoms with Gasteiger partial charge in [-0.2, -0.15) is 0 Å². The zero-order chi connectivity index (χ0) is 73.4. The van der Waals surface area contributed by atoms with Gasteiger partial charge in [-0.1, -0.05) is 291 Å². The lowest BCUT2D eigenvalue weighted by atomic mass is 9.93. The average Bonchev–Trinajstić information content (AvgIpc) is 0.797. The summed E-state index contributed by atoms with van der Waals surface area (Å²) >= 11 is 0. The second kappa shape index (κ2) is 30.6. The van der Waals surface area contributed by atoms with Gasteiger partial charge in [0.15, 0.2) is 0 Å². The minimum absolute atomic E-state index is 0.858. The number of fused-ring (bicyclic) bond motifs is 5. The van der Waals surface area contributed by atoms with Crippen LogP contribution in [0.15, 0.2) is 401 Å². The fraction of sp³-hybridized carbons (Fsp3) is 0. The predicted molar refractivity (Wildman–Crippen MR) is 450 cm³/mol. The predicted octanol–water partition coefficient (Wildman–Crippen LogP) is 24.8. The van der Waals surface area contributed by atoms with Crippen LogP contribution in [0.25, 0.3) is 189 Å². The number of para-hydroxylation sites is 6. The topological polar surface area (TPSA) is 129 Å². The minimum Gasteiger partial charge on any atom is -0.264 e. The van der Waals surface area contributed by atoms with Gasteiger partial charge in [0, 0.05) is 86.6 Å². The molecular weight excluding hydrogens is 1340 g/mol. The van der Waals surface area contributed by atoms with Gasteiger partial charge in [-0.05, 0) is 128 Å². The summed E-state index contributed by atoms with van der Waals surface area (Å²) in [7, 11) is 0. The molecular formula is C100H66N10. The molecule has 13 aromatic carbocycles. The van der Waals surface area contributed by atoms with Gasteiger partial charge in [-0.25, -0.2) is 29.9 Å². The van der Waals surface area contributed by atoms with Crippen molar-refractivity contribution in [3.63, 3.8) is 0 Å². The lowest BCUT2D eigenvalue weighted by Gasteiger charge is -2.13. The van der Waals surface area contributed by atoms with Gasteiger partial charge in [0.1, 0.15) is 0 Å². The lowest BCUT2D eigenvalue weighted by Crippen LogP contribution is -1.96. The van der Waals surface area contributed by atoms with Crippen LogP contribution in [-0.2, 0) is 0 Å². The molecule has 0 N–H and O–H groups in total. The molecule has 0 amide bonds. The Labute approximate surface area is 636 Å². The molecule has 516 valence electrons. The summed E-state index contributed by atoms with van der Waals surface area (Å²) < 4.78 is 0. The number of nitrogens with zero attached hydrogens (tertiary/aromatic N) is 10. The maximum Gasteiger partial charge on any atom is 0.0973 e. The molecule has 20 rings (SSSR count). The number of aromatic nitrogens is 10. The van der Waals surface area contributed by atoms with E-state index >= 15 is 0 Å². The summed E-state index contributed by atoms with van der Waals surface area (Å²) in [5.74, 6) is 0. The van der Waals surface area contributed by atoms with Crippen molar-refractivity contribution in [2.75, 3.05) is 0 Å². The molecule has 10 nitrogen and oxygen atoms in total. The van der Waals surface area contributed by atoms with Crippen LogP contribution in [0, 0.1) is 0 Å². The van der Waals surface area contributed by atoms with Crippen molar-refractivity contribution in [2.45, 2.75) is 0 Å². The van der Waals surface area contributed by atoms with Gasteiger partial charge in [0.2, 0.25) is 0 Å². The smallest absolute Gasteiger partial charge is 0.0973 e. The van der Waals surface area contributed by atoms with E-state index < -0.39 is 0 Å². The normalized spacial score (nSPS) is 11.1. The van der Waals surface area contributed by atoms with Crippen molar-refractivity contribution in [1.82, 2.24) is 49.8 Å². The summed E-state index contributed by atoms with van der Waals surface area (Å²) in [5, 5.41) is 4.84. The van der Waals surface area contributed by atoms with Crippen molar-refractivity contribution in [3.05, 3.63) is 401 Å². The van der Waals surface area contributed by atoms with Crippen LogP contribution in [0.1, 0.15) is 0 Å². The quantitative estimate of drug-likeness (QED) is 0.117. The highest BCUT2D eigenvalue weighted by Gasteiger charge is 2.19. The molecule has 0 bridgehead atoms. The molecule has 0 aliphatic heterocycles. The fourth-order valence-corrected chi connectivity index (χ4v) is 14.3. The lowest BCUT2D eigenvalue weighted by molar-refractivity contribution is 1.29. The van der Waals surface area contributed by atoms with Gasteiger partial charge in [-0.15, -0.1) is 0 Å². The molecule has 0 aliphatic carbocycles. The SMILES string of the molecule is c1ccc(-c2ccc(-c3nc4ccccc4nc3-c3ccc(-c4ccccn4)cc3)cc2)nc1.c1ccc(-c2nc3ccccc3nc2-c2ccc(-c3cccc4c(-c5ccccn5)cccc34)cc2)cc1.c1ccc(-c2nc3ccccc3nc2-c2ccc(-c3cccc4c(-c5cccnc5)cccc34)cc2)cc1. The van der Waals surface area contributed by atoms with Crippen LogP contribution >= 0.6 is 0 Å². The highest BCUT2D eigenvalue weighted by molar-refractivity contribution is 6.06. The monoisotopic (exact) mass is 1410 g/mol. The molecule has 7 aromatic heterocycles. The van der Waals surface area contributed by atoms with E-state index in [1.54, 1.807) is 0 Å². The summed E-state index contributed by atoms with van der Waals surface area (Å²) in [6.45, 7) is 0. The van der Waals surface area contributed by atoms with Crippen LogP contribution in [0.5, 0.6) is 0 Å². The molecule has 7 heterocycles. The molecule has 0 saturated heterocycles. The van der Waals surface area contributed by atoms with Gasteiger partial charge in [0.25, 0.3) is 0 Å². The van der Waals surface area contributed by atoms with E-state index in [0.29, 0.717) is 0 Å². The molecule has 0 saturated carbocycles. The number of hydrogen-bond donors (Lipinski definition) is 0. The Balaban J connectivity index is 0.000000116. The zero-order valence-corrected chi connectivity index (χ0v) is 59.6. The van der Waals surface area contributed by atoms with E-state index in [2.05, 4.69) is 226 Å². The van der Waals surface area contributed by atoms with Crippen LogP contribution in [0.3, 0.4) is 0 Å². The van der Waals surface area contributed by atoms with Gasteiger partial charge < -0.3 is 0 Å². The molecule has 0 aliphatic rings. The standard InChI is InChI=1S/2C35H23N3.C30H20N4/c1-2-9-25(10-3-1)34-35(38-33-17-5-4-16-32(33)37-34)26-20-18-24(19-21-26)28-12-6-15-31-29(13-7-14-30(28)31)27-11-8-22-36-23-27;1-2-10-25(11-3-1)34-35(38-33-18-5-4-17-32(33)37-34)26-21-19-24(20-22-26)27-12-8-14-29-28(27)13-9-15-30(29)31-16-6-7-23-36-31;1-2-10-28-27(9-1)33-29(23-15-11-21(12-16-23)25-7-3-5-19-31-25)30(34-28)24-17-13-22(14-18-24)26-8-4-6-20-32-26/h2*1-23H;1-20H. The number of rotatable bonds is 12. The van der Waals surface area contributed by atoms with Gasteiger partial charge >= 0.3 is 0 Å². The Kier molecular flexibility index (Phi) is 18.6. The maximum atomic E-state index is 5.05. The highest BCUT2D eigenvalue weighted by Crippen LogP contribution is 2.41. The van der Waals surface area contributed by atoms with E-state index in [4.69, 9.17) is 29.9 Å². The minimum atomic E-state index is 0.858. The molecule has 0 unspecified atom stereocenters. The first-order valence-corrected chi connectivity index (χ1v) is 36.6. The van der Waals surface area contributed by atoms with E-state index in [9.17, 15) is 0 Å². The summed E-state index contributed by atoms with van der Waals surface area (Å²) in [6.07, 6.45) is 9.20. The van der Waals surface area contributed by atoms with Crippen molar-refractivity contribution < 1.29 is 0 Å². The Hall–Kier alpha value is -15.0. The Morgan fingerprint density at radius 1 is 0.145 bits per heavy atom. The summed E-state index contributed by atoms with van der Waals surface area (Å²) in [6, 6.07) is 127. The second-order valence-electron chi connectivity index (χ2n) is 26.6. The van der Waals surface area contributed by atoms with Gasteiger partial charge in [-0.3, -0.25) is 19.9 Å². The summed E-state index contributed by atoms with van der Waals surface area (Å²) in [4.78, 5) is 48.0. The van der Waals surface area contributed by atoms with Crippen LogP contribution < -0.4 is 0 Å². The largest absolute Gasteiger partial charge is 0.264 e. The Morgan fingerprint density at radius 2 is 0.400 bits per heavy atom. The molecule has 110 heavy (non-hydrogen) atoms. The zero-order valence-electron chi connectivity index (χ0n) is 59.6. The first-order valence-electron chi connectivity index (χ1n) is 36.6. The average molecular weight is 1410 g/mol. The third kappa shape index (κ3) is 13.9. The molecule has 0 fully saturated rings. The first kappa shape index (κ1) is 66.9. The Morgan fingerprint density at radius 3 is 0.709 bits per heavy atom. The van der Waals surface area contributed by atoms with Crippen LogP contribution in [-0.4, -0.2) is 49.8 Å². The number of benzene rings is 13. The van der Waals surface area contributed by atoms with Crippen LogP contribution in [0.4, 0.5) is 0 Å². The molecule has 0 spiro atoms. The van der Waals surface area contributed by atoms with E-state index in [1.807, 2.05) is 195 Å². The van der Waals surface area contributed by atoms with Crippen LogP contribution in [0.2, 0.25) is 0 Å². The third-order valence-corrected chi connectivity index (χ3v) is 19.7. The molecule has 0 atom stereocenters. The number of pyridine rings is 4. The van der Waals surface area contributed by atoms with E-state index in [0.717, 1.165) is 151 Å². The number of hydrogen-bond acceptors (Lipinski definition) is 10. The highest BCUT2D eigenvalue weighted by atomic mass is 14.9. The third-order valence-electron chi connectivity index (χ3n) is 19.7. The second-order valence-corrected chi connectivity index (χ2v) is 26.6. The van der Waals surface area contributed by atoms with Crippen molar-refractivity contribution >= 4 is 54.6 Å². The van der Waals surface area contributed by atoms with Crippen molar-refractivity contribution in [1.29, 1.82) is 0 Å². The molecule has 20 aromatic rings.